The molecule has 0 bridgehead atoms. The molecule has 1 aliphatic heterocycles. The number of aromatic amines is 1. The smallest absolute Gasteiger partial charge is 0.369 e. The van der Waals surface area contributed by atoms with Crippen molar-refractivity contribution in [3.8, 4) is 0 Å². The molecular weight excluding hydrogens is 526 g/mol. The summed E-state index contributed by atoms with van der Waals surface area (Å²) in [5.74, 6) is -1.54. The Kier molecular flexibility index (Phi) is 8.13. The zero-order chi connectivity index (χ0) is 26.3. The molecule has 2 aromatic carbocycles. The molecule has 0 aliphatic carbocycles. The number of primary amides is 1. The number of H-pyrrole nitrogens is 1. The molecule has 13 heteroatoms. The summed E-state index contributed by atoms with van der Waals surface area (Å²) < 4.78 is 80.1. The molecule has 1 fully saturated rings. The molecule has 37 heavy (non-hydrogen) atoms. The Labute approximate surface area is 213 Å². The van der Waals surface area contributed by atoms with E-state index in [1.807, 2.05) is 24.3 Å². The third kappa shape index (κ3) is 6.37. The second-order valence-corrected chi connectivity index (χ2v) is 8.71. The SMILES string of the molecule is Cl.NC(=O)CN1CCN(C(=O)c2cc(C(F)(F)F)cc(C(F)(F)F)c2)[C@H](Cc2c[nH]c3ccccc23)C1. The summed E-state index contributed by atoms with van der Waals surface area (Å²) in [4.78, 5) is 30.9. The van der Waals surface area contributed by atoms with E-state index in [0.29, 0.717) is 12.1 Å². The van der Waals surface area contributed by atoms with E-state index in [2.05, 4.69) is 4.98 Å². The number of benzene rings is 2. The van der Waals surface area contributed by atoms with E-state index in [1.54, 1.807) is 11.1 Å². The van der Waals surface area contributed by atoms with Crippen molar-refractivity contribution < 1.29 is 35.9 Å². The Balaban J connectivity index is 0.00000380. The number of carbonyl (C=O) groups is 2. The Hall–Kier alpha value is -3.25. The van der Waals surface area contributed by atoms with E-state index in [4.69, 9.17) is 5.73 Å². The normalized spacial score (nSPS) is 17.0. The van der Waals surface area contributed by atoms with Crippen molar-refractivity contribution in [3.05, 3.63) is 70.9 Å². The number of nitrogens with one attached hydrogen (secondary N) is 1. The highest BCUT2D eigenvalue weighted by atomic mass is 35.5. The zero-order valence-electron chi connectivity index (χ0n) is 19.2. The molecule has 1 saturated heterocycles. The van der Waals surface area contributed by atoms with E-state index >= 15 is 0 Å². The Bertz CT molecular complexity index is 1260. The van der Waals surface area contributed by atoms with Crippen LogP contribution in [-0.4, -0.2) is 58.8 Å². The fourth-order valence-electron chi connectivity index (χ4n) is 4.52. The zero-order valence-corrected chi connectivity index (χ0v) is 20.0. The minimum atomic E-state index is -5.07. The Morgan fingerprint density at radius 1 is 0.973 bits per heavy atom. The number of aromatic nitrogens is 1. The standard InChI is InChI=1S/C24H22F6N4O2.ClH/c25-23(26,27)16-7-14(8-17(10-16)24(28,29)30)22(36)34-6-5-33(13-21(31)35)12-18(34)9-15-11-32-20-4-2-1-3-19(15)20;/h1-4,7-8,10-11,18,32H,5-6,9,12-13H2,(H2,31,35);1H/t18-;/m1./s1. The van der Waals surface area contributed by atoms with Crippen molar-refractivity contribution in [2.75, 3.05) is 26.2 Å². The van der Waals surface area contributed by atoms with E-state index < -0.39 is 46.9 Å². The number of halogens is 7. The molecule has 2 heterocycles. The largest absolute Gasteiger partial charge is 0.416 e. The summed E-state index contributed by atoms with van der Waals surface area (Å²) in [7, 11) is 0. The van der Waals surface area contributed by atoms with Crippen LogP contribution >= 0.6 is 12.4 Å². The molecule has 0 unspecified atom stereocenters. The minimum absolute atomic E-state index is 0. The third-order valence-electron chi connectivity index (χ3n) is 6.17. The van der Waals surface area contributed by atoms with E-state index in [0.717, 1.165) is 16.5 Å². The number of carbonyl (C=O) groups excluding carboxylic acids is 2. The highest BCUT2D eigenvalue weighted by Crippen LogP contribution is 2.37. The first kappa shape index (κ1) is 28.3. The van der Waals surface area contributed by atoms with Crippen molar-refractivity contribution >= 4 is 35.1 Å². The van der Waals surface area contributed by atoms with Gasteiger partial charge in [0.1, 0.15) is 0 Å². The lowest BCUT2D eigenvalue weighted by atomic mass is 9.98. The topological polar surface area (TPSA) is 82.4 Å². The van der Waals surface area contributed by atoms with Crippen molar-refractivity contribution in [1.82, 2.24) is 14.8 Å². The molecule has 0 saturated carbocycles. The number of nitrogens with zero attached hydrogens (tertiary/aromatic N) is 2. The van der Waals surface area contributed by atoms with Gasteiger partial charge in [-0.15, -0.1) is 12.4 Å². The van der Waals surface area contributed by atoms with Gasteiger partial charge in [0.25, 0.3) is 5.91 Å². The molecule has 1 aromatic heterocycles. The highest BCUT2D eigenvalue weighted by molar-refractivity contribution is 5.95. The van der Waals surface area contributed by atoms with E-state index in [1.165, 1.54) is 4.90 Å². The number of fused-ring (bicyclic) bond motifs is 1. The molecule has 6 nitrogen and oxygen atoms in total. The molecule has 3 aromatic rings. The number of para-hydroxylation sites is 1. The average molecular weight is 549 g/mol. The summed E-state index contributed by atoms with van der Waals surface area (Å²) in [5, 5.41) is 0.871. The van der Waals surface area contributed by atoms with Gasteiger partial charge in [-0.1, -0.05) is 18.2 Å². The van der Waals surface area contributed by atoms with Gasteiger partial charge in [-0.05, 0) is 36.2 Å². The maximum atomic E-state index is 13.4. The molecule has 1 atom stereocenters. The van der Waals surface area contributed by atoms with Gasteiger partial charge in [0.15, 0.2) is 0 Å². The predicted molar refractivity (Wildman–Crippen MR) is 126 cm³/mol. The van der Waals surface area contributed by atoms with Crippen LogP contribution in [0.5, 0.6) is 0 Å². The highest BCUT2D eigenvalue weighted by Gasteiger charge is 2.39. The van der Waals surface area contributed by atoms with E-state index in [9.17, 15) is 35.9 Å². The molecule has 4 rings (SSSR count). The predicted octanol–water partition coefficient (Wildman–Crippen LogP) is 4.48. The van der Waals surface area contributed by atoms with Crippen LogP contribution in [0.1, 0.15) is 27.0 Å². The molecule has 1 aliphatic rings. The summed E-state index contributed by atoms with van der Waals surface area (Å²) in [5.41, 5.74) is 3.14. The van der Waals surface area contributed by atoms with Gasteiger partial charge in [-0.25, -0.2) is 0 Å². The van der Waals surface area contributed by atoms with Crippen LogP contribution in [0.2, 0.25) is 0 Å². The van der Waals surface area contributed by atoms with Gasteiger partial charge in [0.05, 0.1) is 17.7 Å². The van der Waals surface area contributed by atoms with Crippen molar-refractivity contribution in [2.24, 2.45) is 5.73 Å². The Morgan fingerprint density at radius 2 is 1.59 bits per heavy atom. The molecular formula is C24H23ClF6N4O2. The fourth-order valence-corrected chi connectivity index (χ4v) is 4.52. The lowest BCUT2D eigenvalue weighted by Gasteiger charge is -2.41. The van der Waals surface area contributed by atoms with Gasteiger partial charge in [0.2, 0.25) is 5.91 Å². The lowest BCUT2D eigenvalue weighted by Crippen LogP contribution is -2.57. The third-order valence-corrected chi connectivity index (χ3v) is 6.17. The van der Waals surface area contributed by atoms with Gasteiger partial charge < -0.3 is 15.6 Å². The molecule has 0 radical (unpaired) electrons. The van der Waals surface area contributed by atoms with Gasteiger partial charge in [-0.2, -0.15) is 26.3 Å². The number of hydrogen-bond donors (Lipinski definition) is 2. The number of amides is 2. The van der Waals surface area contributed by atoms with Crippen molar-refractivity contribution in [3.63, 3.8) is 0 Å². The number of nitrogens with two attached hydrogens (primary N) is 1. The van der Waals surface area contributed by atoms with Crippen LogP contribution in [-0.2, 0) is 23.6 Å². The second kappa shape index (κ2) is 10.6. The Morgan fingerprint density at radius 3 is 2.19 bits per heavy atom. The number of hydrogen-bond acceptors (Lipinski definition) is 3. The minimum Gasteiger partial charge on any atom is -0.369 e. The first-order valence-corrected chi connectivity index (χ1v) is 11.0. The summed E-state index contributed by atoms with van der Waals surface area (Å²) in [6.45, 7) is 0.258. The van der Waals surface area contributed by atoms with Crippen LogP contribution in [0.4, 0.5) is 26.3 Å². The summed E-state index contributed by atoms with van der Waals surface area (Å²) in [6, 6.07) is 7.61. The second-order valence-electron chi connectivity index (χ2n) is 8.71. The van der Waals surface area contributed by atoms with Crippen LogP contribution in [0, 0.1) is 0 Å². The van der Waals surface area contributed by atoms with Gasteiger partial charge in [0, 0.05) is 48.3 Å². The first-order chi connectivity index (χ1) is 16.8. The summed E-state index contributed by atoms with van der Waals surface area (Å²) >= 11 is 0. The number of rotatable bonds is 5. The molecule has 200 valence electrons. The van der Waals surface area contributed by atoms with Crippen LogP contribution in [0.25, 0.3) is 10.9 Å². The molecule has 3 N–H and O–H groups in total. The van der Waals surface area contributed by atoms with Crippen LogP contribution in [0.3, 0.4) is 0 Å². The monoisotopic (exact) mass is 548 g/mol. The lowest BCUT2D eigenvalue weighted by molar-refractivity contribution is -0.143. The number of alkyl halides is 6. The van der Waals surface area contributed by atoms with Crippen LogP contribution < -0.4 is 5.73 Å². The molecule has 0 spiro atoms. The average Bonchev–Trinajstić information content (AvgIpc) is 3.20. The van der Waals surface area contributed by atoms with Crippen LogP contribution in [0.15, 0.2) is 48.7 Å². The quantitative estimate of drug-likeness (QED) is 0.461. The number of piperazine rings is 1. The maximum absolute atomic E-state index is 13.4. The van der Waals surface area contributed by atoms with Crippen molar-refractivity contribution in [2.45, 2.75) is 24.8 Å². The van der Waals surface area contributed by atoms with Gasteiger partial charge in [-0.3, -0.25) is 14.5 Å². The summed E-state index contributed by atoms with van der Waals surface area (Å²) in [6.07, 6.45) is -8.14. The van der Waals surface area contributed by atoms with Gasteiger partial charge >= 0.3 is 12.4 Å². The first-order valence-electron chi connectivity index (χ1n) is 11.0. The molecule has 2 amide bonds. The van der Waals surface area contributed by atoms with Crippen molar-refractivity contribution in [1.29, 1.82) is 0 Å². The fraction of sp³-hybridized carbons (Fsp3) is 0.333. The van der Waals surface area contributed by atoms with E-state index in [-0.39, 0.29) is 51.1 Å². The maximum Gasteiger partial charge on any atom is 0.416 e.